The zero-order chi connectivity index (χ0) is 15.4. The number of rotatable bonds is 4. The third-order valence-corrected chi connectivity index (χ3v) is 3.11. The van der Waals surface area contributed by atoms with E-state index in [2.05, 4.69) is 25.6 Å². The summed E-state index contributed by atoms with van der Waals surface area (Å²) < 4.78 is 1.47. The Hall–Kier alpha value is -3.09. The van der Waals surface area contributed by atoms with Crippen molar-refractivity contribution in [1.82, 2.24) is 30.3 Å². The van der Waals surface area contributed by atoms with Crippen molar-refractivity contribution < 1.29 is 4.79 Å². The summed E-state index contributed by atoms with van der Waals surface area (Å²) in [7, 11) is 0. The lowest BCUT2D eigenvalue weighted by Gasteiger charge is -2.05. The summed E-state index contributed by atoms with van der Waals surface area (Å²) in [5.74, 6) is 0.241. The van der Waals surface area contributed by atoms with E-state index in [1.165, 1.54) is 22.9 Å². The second kappa shape index (κ2) is 6.13. The van der Waals surface area contributed by atoms with Crippen LogP contribution < -0.4 is 5.32 Å². The van der Waals surface area contributed by atoms with Crippen molar-refractivity contribution in [3.8, 4) is 5.82 Å². The van der Waals surface area contributed by atoms with Gasteiger partial charge < -0.3 is 5.32 Å². The number of benzene rings is 1. The van der Waals surface area contributed by atoms with Gasteiger partial charge >= 0.3 is 0 Å². The maximum Gasteiger partial charge on any atom is 0.272 e. The van der Waals surface area contributed by atoms with Gasteiger partial charge in [0.15, 0.2) is 11.5 Å². The molecule has 0 saturated carbocycles. The van der Waals surface area contributed by atoms with E-state index in [1.807, 2.05) is 31.2 Å². The van der Waals surface area contributed by atoms with Gasteiger partial charge in [0, 0.05) is 6.54 Å². The van der Waals surface area contributed by atoms with Crippen molar-refractivity contribution >= 4 is 5.91 Å². The Morgan fingerprint density at radius 3 is 2.59 bits per heavy atom. The van der Waals surface area contributed by atoms with Gasteiger partial charge in [0.2, 0.25) is 0 Å². The molecule has 0 aliphatic rings. The summed E-state index contributed by atoms with van der Waals surface area (Å²) in [5.41, 5.74) is 2.48. The van der Waals surface area contributed by atoms with Gasteiger partial charge in [0.05, 0.1) is 0 Å². The number of aromatic nitrogens is 5. The van der Waals surface area contributed by atoms with Gasteiger partial charge in [-0.15, -0.1) is 10.2 Å². The highest BCUT2D eigenvalue weighted by molar-refractivity contribution is 5.92. The Kier molecular flexibility index (Phi) is 3.86. The molecule has 0 atom stereocenters. The van der Waals surface area contributed by atoms with Crippen LogP contribution in [0.15, 0.2) is 49.1 Å². The minimum absolute atomic E-state index is 0.260. The molecule has 1 aromatic carbocycles. The topological polar surface area (TPSA) is 85.6 Å². The van der Waals surface area contributed by atoms with Crippen LogP contribution in [0.4, 0.5) is 0 Å². The SMILES string of the molecule is Cc1ccc(CNC(=O)c2ccc(-n3cncn3)nn2)cc1. The first kappa shape index (κ1) is 13.9. The summed E-state index contributed by atoms with van der Waals surface area (Å²) in [6, 6.07) is 11.3. The molecule has 3 aromatic rings. The molecular weight excluding hydrogens is 280 g/mol. The molecule has 0 aliphatic carbocycles. The van der Waals surface area contributed by atoms with Crippen molar-refractivity contribution in [2.24, 2.45) is 0 Å². The standard InChI is InChI=1S/C15H14N6O/c1-11-2-4-12(5-3-11)8-17-15(22)13-6-7-14(20-19-13)21-10-16-9-18-21/h2-7,9-10H,8H2,1H3,(H,17,22). The maximum absolute atomic E-state index is 12.0. The first-order chi connectivity index (χ1) is 10.7. The highest BCUT2D eigenvalue weighted by Gasteiger charge is 2.08. The molecule has 0 unspecified atom stereocenters. The van der Waals surface area contributed by atoms with E-state index in [9.17, 15) is 4.79 Å². The molecule has 0 saturated heterocycles. The quantitative estimate of drug-likeness (QED) is 0.783. The fourth-order valence-electron chi connectivity index (χ4n) is 1.87. The average Bonchev–Trinajstić information content (AvgIpc) is 3.09. The normalized spacial score (nSPS) is 10.4. The Bertz CT molecular complexity index is 750. The molecule has 0 aliphatic heterocycles. The predicted octanol–water partition coefficient (Wildman–Crippen LogP) is 1.30. The van der Waals surface area contributed by atoms with Crippen LogP contribution in [0.3, 0.4) is 0 Å². The van der Waals surface area contributed by atoms with Crippen LogP contribution in [0.25, 0.3) is 5.82 Å². The smallest absolute Gasteiger partial charge is 0.272 e. The zero-order valence-corrected chi connectivity index (χ0v) is 12.0. The fourth-order valence-corrected chi connectivity index (χ4v) is 1.87. The van der Waals surface area contributed by atoms with Crippen molar-refractivity contribution in [1.29, 1.82) is 0 Å². The van der Waals surface area contributed by atoms with Gasteiger partial charge in [-0.2, -0.15) is 5.10 Å². The second-order valence-electron chi connectivity index (χ2n) is 4.79. The molecule has 0 fully saturated rings. The predicted molar refractivity (Wildman–Crippen MR) is 79.3 cm³/mol. The second-order valence-corrected chi connectivity index (χ2v) is 4.79. The molecule has 22 heavy (non-hydrogen) atoms. The van der Waals surface area contributed by atoms with E-state index in [0.29, 0.717) is 12.4 Å². The van der Waals surface area contributed by atoms with Crippen LogP contribution in [0.2, 0.25) is 0 Å². The van der Waals surface area contributed by atoms with E-state index < -0.39 is 0 Å². The number of nitrogens with zero attached hydrogens (tertiary/aromatic N) is 5. The van der Waals surface area contributed by atoms with E-state index in [4.69, 9.17) is 0 Å². The van der Waals surface area contributed by atoms with Crippen LogP contribution in [-0.4, -0.2) is 30.9 Å². The molecule has 0 bridgehead atoms. The summed E-state index contributed by atoms with van der Waals surface area (Å²) in [6.07, 6.45) is 2.92. The highest BCUT2D eigenvalue weighted by Crippen LogP contribution is 2.04. The summed E-state index contributed by atoms with van der Waals surface area (Å²) in [5, 5.41) is 14.6. The molecule has 1 N–H and O–H groups in total. The van der Waals surface area contributed by atoms with Gasteiger partial charge in [-0.3, -0.25) is 4.79 Å². The Morgan fingerprint density at radius 1 is 1.14 bits per heavy atom. The largest absolute Gasteiger partial charge is 0.347 e. The summed E-state index contributed by atoms with van der Waals surface area (Å²) >= 11 is 0. The third-order valence-electron chi connectivity index (χ3n) is 3.11. The van der Waals surface area contributed by atoms with E-state index in [0.717, 1.165) is 5.56 Å². The minimum atomic E-state index is -0.266. The first-order valence-corrected chi connectivity index (χ1v) is 6.75. The number of carbonyl (C=O) groups excluding carboxylic acids is 1. The molecule has 2 heterocycles. The minimum Gasteiger partial charge on any atom is -0.347 e. The number of carbonyl (C=O) groups is 1. The molecule has 0 spiro atoms. The van der Waals surface area contributed by atoms with E-state index in [1.54, 1.807) is 12.1 Å². The van der Waals surface area contributed by atoms with Crippen LogP contribution in [-0.2, 0) is 6.54 Å². The van der Waals surface area contributed by atoms with Gasteiger partial charge in [-0.05, 0) is 24.6 Å². The van der Waals surface area contributed by atoms with E-state index in [-0.39, 0.29) is 11.6 Å². The Balaban J connectivity index is 1.63. The van der Waals surface area contributed by atoms with Gasteiger partial charge in [0.25, 0.3) is 5.91 Å². The van der Waals surface area contributed by atoms with Gasteiger partial charge in [0.1, 0.15) is 12.7 Å². The van der Waals surface area contributed by atoms with Crippen molar-refractivity contribution in [2.45, 2.75) is 13.5 Å². The van der Waals surface area contributed by atoms with Crippen LogP contribution in [0.5, 0.6) is 0 Å². The van der Waals surface area contributed by atoms with Crippen molar-refractivity contribution in [3.05, 3.63) is 65.9 Å². The number of aryl methyl sites for hydroxylation is 1. The summed E-state index contributed by atoms with van der Waals surface area (Å²) in [6.45, 7) is 2.47. The van der Waals surface area contributed by atoms with E-state index >= 15 is 0 Å². The van der Waals surface area contributed by atoms with Crippen LogP contribution in [0, 0.1) is 6.92 Å². The molecule has 7 nitrogen and oxygen atoms in total. The monoisotopic (exact) mass is 294 g/mol. The number of hydrogen-bond donors (Lipinski definition) is 1. The zero-order valence-electron chi connectivity index (χ0n) is 12.0. The lowest BCUT2D eigenvalue weighted by molar-refractivity contribution is 0.0945. The van der Waals surface area contributed by atoms with Crippen molar-refractivity contribution in [2.75, 3.05) is 0 Å². The fraction of sp³-hybridized carbons (Fsp3) is 0.133. The van der Waals surface area contributed by atoms with Crippen LogP contribution >= 0.6 is 0 Å². The number of hydrogen-bond acceptors (Lipinski definition) is 5. The van der Waals surface area contributed by atoms with Gasteiger partial charge in [-0.25, -0.2) is 9.67 Å². The summed E-state index contributed by atoms with van der Waals surface area (Å²) in [4.78, 5) is 15.9. The molecule has 3 rings (SSSR count). The first-order valence-electron chi connectivity index (χ1n) is 6.75. The average molecular weight is 294 g/mol. The number of amides is 1. The van der Waals surface area contributed by atoms with Gasteiger partial charge in [-0.1, -0.05) is 29.8 Å². The van der Waals surface area contributed by atoms with Crippen molar-refractivity contribution in [3.63, 3.8) is 0 Å². The third kappa shape index (κ3) is 3.14. The highest BCUT2D eigenvalue weighted by atomic mass is 16.1. The number of nitrogens with one attached hydrogen (secondary N) is 1. The Labute approximate surface area is 127 Å². The molecular formula is C15H14N6O. The molecule has 2 aromatic heterocycles. The Morgan fingerprint density at radius 2 is 1.95 bits per heavy atom. The molecule has 110 valence electrons. The molecule has 7 heteroatoms. The lowest BCUT2D eigenvalue weighted by atomic mass is 10.1. The molecule has 1 amide bonds. The molecule has 0 radical (unpaired) electrons. The maximum atomic E-state index is 12.0. The lowest BCUT2D eigenvalue weighted by Crippen LogP contribution is -2.24. The van der Waals surface area contributed by atoms with Crippen LogP contribution in [0.1, 0.15) is 21.6 Å².